The van der Waals surface area contributed by atoms with Crippen LogP contribution >= 0.6 is 11.3 Å². The van der Waals surface area contributed by atoms with Crippen LogP contribution in [0.2, 0.25) is 0 Å². The minimum absolute atomic E-state index is 0.0206. The summed E-state index contributed by atoms with van der Waals surface area (Å²) in [6, 6.07) is 16.8. The number of carbonyl (C=O) groups is 1. The van der Waals surface area contributed by atoms with Crippen molar-refractivity contribution in [2.45, 2.75) is 13.7 Å². The first-order chi connectivity index (χ1) is 15.1. The van der Waals surface area contributed by atoms with E-state index in [0.29, 0.717) is 16.7 Å². The fourth-order valence-corrected chi connectivity index (χ4v) is 3.71. The number of ketones is 1. The predicted molar refractivity (Wildman–Crippen MR) is 125 cm³/mol. The molecule has 0 fully saturated rings. The third-order valence-corrected chi connectivity index (χ3v) is 5.55. The number of hydrogen-bond acceptors (Lipinski definition) is 5. The third kappa shape index (κ3) is 4.87. The van der Waals surface area contributed by atoms with E-state index in [0.717, 1.165) is 16.0 Å². The third-order valence-electron chi connectivity index (χ3n) is 4.72. The number of benzene rings is 2. The van der Waals surface area contributed by atoms with Crippen molar-refractivity contribution < 1.29 is 9.53 Å². The van der Waals surface area contributed by atoms with E-state index in [2.05, 4.69) is 4.98 Å². The Morgan fingerprint density at radius 2 is 1.90 bits per heavy atom. The van der Waals surface area contributed by atoms with E-state index in [9.17, 15) is 9.59 Å². The molecule has 0 radical (unpaired) electrons. The largest absolute Gasteiger partial charge is 0.472 e. The summed E-state index contributed by atoms with van der Waals surface area (Å²) in [5, 5.41) is 2.52. The van der Waals surface area contributed by atoms with E-state index < -0.39 is 0 Å². The van der Waals surface area contributed by atoms with Crippen molar-refractivity contribution in [3.8, 4) is 5.75 Å². The van der Waals surface area contributed by atoms with Crippen LogP contribution in [0.5, 0.6) is 5.75 Å². The summed E-state index contributed by atoms with van der Waals surface area (Å²) in [4.78, 5) is 30.3. The van der Waals surface area contributed by atoms with Gasteiger partial charge in [0.05, 0.1) is 10.9 Å². The number of ether oxygens (including phenoxy) is 1. The molecular formula is C25H20N2O3S. The summed E-state index contributed by atoms with van der Waals surface area (Å²) in [5.41, 5.74) is 2.24. The molecule has 6 heteroatoms. The highest BCUT2D eigenvalue weighted by atomic mass is 32.1. The monoisotopic (exact) mass is 428 g/mol. The molecule has 5 nitrogen and oxygen atoms in total. The lowest BCUT2D eigenvalue weighted by Gasteiger charge is -2.11. The van der Waals surface area contributed by atoms with Crippen LogP contribution in [0, 0.1) is 6.92 Å². The zero-order valence-corrected chi connectivity index (χ0v) is 17.7. The molecular weight excluding hydrogens is 408 g/mol. The second-order valence-corrected chi connectivity index (χ2v) is 7.87. The van der Waals surface area contributed by atoms with Gasteiger partial charge in [0.25, 0.3) is 5.56 Å². The Morgan fingerprint density at radius 3 is 2.74 bits per heavy atom. The van der Waals surface area contributed by atoms with Crippen LogP contribution < -0.4 is 10.3 Å². The molecule has 0 unspecified atom stereocenters. The molecule has 0 saturated heterocycles. The summed E-state index contributed by atoms with van der Waals surface area (Å²) in [7, 11) is 0. The molecule has 0 spiro atoms. The molecule has 154 valence electrons. The summed E-state index contributed by atoms with van der Waals surface area (Å²) in [5.74, 6) is 0.457. The van der Waals surface area contributed by atoms with Crippen LogP contribution in [0.15, 0.2) is 83.3 Å². The zero-order valence-electron chi connectivity index (χ0n) is 16.9. The number of carbonyl (C=O) groups excluding carboxylic acids is 1. The van der Waals surface area contributed by atoms with E-state index >= 15 is 0 Å². The molecule has 0 amide bonds. The fraction of sp³-hybridized carbons (Fsp3) is 0.0800. The van der Waals surface area contributed by atoms with Crippen LogP contribution in [-0.2, 0) is 11.5 Å². The predicted octanol–water partition coefficient (Wildman–Crippen LogP) is 5.10. The lowest BCUT2D eigenvalue weighted by Crippen LogP contribution is -2.23. The van der Waals surface area contributed by atoms with Gasteiger partial charge in [-0.3, -0.25) is 14.2 Å². The number of allylic oxidation sites excluding steroid dienone is 2. The number of thiophene rings is 1. The Hall–Kier alpha value is -3.77. The summed E-state index contributed by atoms with van der Waals surface area (Å²) in [6.07, 6.45) is 8.03. The average molecular weight is 429 g/mol. The number of rotatable bonds is 7. The van der Waals surface area contributed by atoms with Gasteiger partial charge in [0, 0.05) is 10.4 Å². The molecule has 0 aliphatic heterocycles. The Bertz CT molecular complexity index is 1330. The SMILES string of the molecule is Cc1cccc2c(=O)n(COc3ccccc3/C=C/C(=O)/C=C/c3cccs3)cnc12. The smallest absolute Gasteiger partial charge is 0.263 e. The van der Waals surface area contributed by atoms with Gasteiger partial charge < -0.3 is 4.74 Å². The molecule has 2 heterocycles. The fourth-order valence-electron chi connectivity index (χ4n) is 3.10. The van der Waals surface area contributed by atoms with Gasteiger partial charge >= 0.3 is 0 Å². The number of hydrogen-bond donors (Lipinski definition) is 0. The second kappa shape index (κ2) is 9.36. The van der Waals surface area contributed by atoms with Gasteiger partial charge in [0.2, 0.25) is 0 Å². The Morgan fingerprint density at radius 1 is 1.06 bits per heavy atom. The number of aryl methyl sites for hydroxylation is 1. The maximum absolute atomic E-state index is 12.7. The highest BCUT2D eigenvalue weighted by Crippen LogP contribution is 2.20. The van der Waals surface area contributed by atoms with Crippen molar-refractivity contribution in [1.82, 2.24) is 9.55 Å². The molecule has 0 aliphatic rings. The number of para-hydroxylation sites is 2. The van der Waals surface area contributed by atoms with Crippen molar-refractivity contribution in [3.63, 3.8) is 0 Å². The molecule has 0 aliphatic carbocycles. The summed E-state index contributed by atoms with van der Waals surface area (Å²) < 4.78 is 7.31. The first-order valence-corrected chi connectivity index (χ1v) is 10.6. The molecule has 0 saturated carbocycles. The Labute approximate surface area is 183 Å². The van der Waals surface area contributed by atoms with Crippen LogP contribution in [0.3, 0.4) is 0 Å². The van der Waals surface area contributed by atoms with Gasteiger partial charge in [0.15, 0.2) is 12.5 Å². The van der Waals surface area contributed by atoms with Gasteiger partial charge in [-0.2, -0.15) is 0 Å². The molecule has 4 rings (SSSR count). The number of fused-ring (bicyclic) bond motifs is 1. The van der Waals surface area contributed by atoms with Crippen LogP contribution in [0.25, 0.3) is 23.1 Å². The highest BCUT2D eigenvalue weighted by molar-refractivity contribution is 7.10. The van der Waals surface area contributed by atoms with Gasteiger partial charge in [-0.05, 0) is 60.4 Å². The van der Waals surface area contributed by atoms with Crippen molar-refractivity contribution in [2.24, 2.45) is 0 Å². The Balaban J connectivity index is 1.49. The van der Waals surface area contributed by atoms with Gasteiger partial charge in [-0.15, -0.1) is 11.3 Å². The van der Waals surface area contributed by atoms with E-state index in [1.807, 2.05) is 54.8 Å². The maximum Gasteiger partial charge on any atom is 0.263 e. The minimum atomic E-state index is -0.157. The van der Waals surface area contributed by atoms with Crippen molar-refractivity contribution in [3.05, 3.63) is 105 Å². The average Bonchev–Trinajstić information content (AvgIpc) is 3.31. The van der Waals surface area contributed by atoms with E-state index in [-0.39, 0.29) is 18.1 Å². The lowest BCUT2D eigenvalue weighted by molar-refractivity contribution is -0.110. The van der Waals surface area contributed by atoms with Crippen LogP contribution in [-0.4, -0.2) is 15.3 Å². The van der Waals surface area contributed by atoms with Gasteiger partial charge in [-0.1, -0.05) is 36.4 Å². The number of nitrogens with zero attached hydrogens (tertiary/aromatic N) is 2. The minimum Gasteiger partial charge on any atom is -0.472 e. The van der Waals surface area contributed by atoms with Crippen molar-refractivity contribution in [1.29, 1.82) is 0 Å². The van der Waals surface area contributed by atoms with E-state index in [1.54, 1.807) is 35.6 Å². The molecule has 0 bridgehead atoms. The summed E-state index contributed by atoms with van der Waals surface area (Å²) in [6.45, 7) is 1.95. The first kappa shape index (κ1) is 20.5. The van der Waals surface area contributed by atoms with E-state index in [1.165, 1.54) is 23.0 Å². The number of aromatic nitrogens is 2. The molecule has 0 N–H and O–H groups in total. The first-order valence-electron chi connectivity index (χ1n) is 9.72. The van der Waals surface area contributed by atoms with Crippen LogP contribution in [0.4, 0.5) is 0 Å². The van der Waals surface area contributed by atoms with E-state index in [4.69, 9.17) is 4.74 Å². The standard InChI is InChI=1S/C25H20N2O3S/c1-18-6-4-9-22-24(18)26-16-27(25(22)29)17-30-23-10-3-2-7-19(23)11-12-20(28)13-14-21-8-5-15-31-21/h2-16H,17H2,1H3/b12-11+,14-13+. The molecule has 31 heavy (non-hydrogen) atoms. The zero-order chi connectivity index (χ0) is 21.6. The topological polar surface area (TPSA) is 61.2 Å². The molecule has 4 aromatic rings. The van der Waals surface area contributed by atoms with Gasteiger partial charge in [0.1, 0.15) is 12.1 Å². The quantitative estimate of drug-likeness (QED) is 0.384. The maximum atomic E-state index is 12.7. The van der Waals surface area contributed by atoms with Crippen molar-refractivity contribution in [2.75, 3.05) is 0 Å². The normalized spacial score (nSPS) is 11.5. The highest BCUT2D eigenvalue weighted by Gasteiger charge is 2.07. The molecule has 0 atom stereocenters. The van der Waals surface area contributed by atoms with Crippen molar-refractivity contribution >= 4 is 40.2 Å². The lowest BCUT2D eigenvalue weighted by atomic mass is 10.1. The summed E-state index contributed by atoms with van der Waals surface area (Å²) >= 11 is 1.57. The molecule has 2 aromatic carbocycles. The molecule has 2 aromatic heterocycles. The van der Waals surface area contributed by atoms with Gasteiger partial charge in [-0.25, -0.2) is 4.98 Å². The van der Waals surface area contributed by atoms with Crippen LogP contribution in [0.1, 0.15) is 16.0 Å². The Kier molecular flexibility index (Phi) is 6.19. The second-order valence-electron chi connectivity index (χ2n) is 6.89.